The lowest BCUT2D eigenvalue weighted by Gasteiger charge is -2.04. The zero-order valence-corrected chi connectivity index (χ0v) is 8.19. The van der Waals surface area contributed by atoms with Crippen molar-refractivity contribution in [1.29, 1.82) is 0 Å². The summed E-state index contributed by atoms with van der Waals surface area (Å²) in [6, 6.07) is 0. The van der Waals surface area contributed by atoms with Crippen molar-refractivity contribution >= 4 is 23.2 Å². The molecule has 0 atom stereocenters. The van der Waals surface area contributed by atoms with Gasteiger partial charge in [0.15, 0.2) is 0 Å². The molecule has 4 heteroatoms. The molecule has 0 spiro atoms. The van der Waals surface area contributed by atoms with Gasteiger partial charge in [0, 0.05) is 18.9 Å². The number of halogens is 2. The van der Waals surface area contributed by atoms with E-state index in [0.29, 0.717) is 0 Å². The van der Waals surface area contributed by atoms with E-state index in [9.17, 15) is 4.79 Å². The summed E-state index contributed by atoms with van der Waals surface area (Å²) in [7, 11) is 0. The third-order valence-electron chi connectivity index (χ3n) is 1.47. The van der Waals surface area contributed by atoms with Gasteiger partial charge in [0.2, 0.25) is 5.43 Å². The molecule has 0 aliphatic rings. The van der Waals surface area contributed by atoms with E-state index < -0.39 is 0 Å². The van der Waals surface area contributed by atoms with E-state index >= 15 is 0 Å². The second kappa shape index (κ2) is 3.97. The molecule has 0 radical (unpaired) electrons. The Morgan fingerprint density at radius 3 is 2.25 bits per heavy atom. The highest BCUT2D eigenvalue weighted by Crippen LogP contribution is 2.08. The molecule has 1 aromatic heterocycles. The fourth-order valence-corrected chi connectivity index (χ4v) is 1.45. The van der Waals surface area contributed by atoms with Crippen LogP contribution in [0.25, 0.3) is 0 Å². The first kappa shape index (κ1) is 9.62. The van der Waals surface area contributed by atoms with Crippen LogP contribution >= 0.6 is 23.2 Å². The van der Waals surface area contributed by atoms with E-state index in [4.69, 9.17) is 23.2 Å². The van der Waals surface area contributed by atoms with E-state index in [2.05, 4.69) is 0 Å². The summed E-state index contributed by atoms with van der Waals surface area (Å²) in [5.74, 6) is 0. The fraction of sp³-hybridized carbons (Fsp3) is 0.375. The lowest BCUT2D eigenvalue weighted by molar-refractivity contribution is 0.674. The van der Waals surface area contributed by atoms with Crippen LogP contribution in [-0.2, 0) is 6.54 Å². The number of pyridine rings is 1. The molecule has 1 aromatic rings. The zero-order valence-electron chi connectivity index (χ0n) is 6.68. The molecule has 0 fully saturated rings. The van der Waals surface area contributed by atoms with Crippen LogP contribution in [-0.4, -0.2) is 4.57 Å². The Morgan fingerprint density at radius 1 is 1.33 bits per heavy atom. The summed E-state index contributed by atoms with van der Waals surface area (Å²) in [6.07, 6.45) is 4.17. The van der Waals surface area contributed by atoms with Gasteiger partial charge in [-0.25, -0.2) is 0 Å². The molecule has 1 rings (SSSR count). The average molecular weight is 206 g/mol. The topological polar surface area (TPSA) is 22.0 Å². The van der Waals surface area contributed by atoms with Gasteiger partial charge in [-0.3, -0.25) is 4.79 Å². The highest BCUT2D eigenvalue weighted by atomic mass is 35.5. The van der Waals surface area contributed by atoms with Crippen molar-refractivity contribution in [1.82, 2.24) is 4.57 Å². The smallest absolute Gasteiger partial charge is 0.218 e. The van der Waals surface area contributed by atoms with Crippen molar-refractivity contribution in [3.63, 3.8) is 0 Å². The van der Waals surface area contributed by atoms with Crippen LogP contribution in [0.1, 0.15) is 13.3 Å². The molecule has 0 saturated carbocycles. The monoisotopic (exact) mass is 205 g/mol. The highest BCUT2D eigenvalue weighted by Gasteiger charge is 2.02. The first-order valence-corrected chi connectivity index (χ1v) is 4.46. The number of hydrogen-bond acceptors (Lipinski definition) is 1. The quantitative estimate of drug-likeness (QED) is 0.728. The molecule has 0 amide bonds. The van der Waals surface area contributed by atoms with E-state index in [1.54, 1.807) is 12.4 Å². The third kappa shape index (κ3) is 2.02. The number of nitrogens with zero attached hydrogens (tertiary/aromatic N) is 1. The molecule has 0 aliphatic heterocycles. The Balaban J connectivity index is 3.13. The van der Waals surface area contributed by atoms with Crippen molar-refractivity contribution in [3.8, 4) is 0 Å². The van der Waals surface area contributed by atoms with Crippen LogP contribution in [0.4, 0.5) is 0 Å². The molecule has 0 N–H and O–H groups in total. The van der Waals surface area contributed by atoms with Crippen LogP contribution in [0, 0.1) is 0 Å². The van der Waals surface area contributed by atoms with Gasteiger partial charge in [0.1, 0.15) is 10.0 Å². The Bertz CT molecular complexity index is 306. The molecule has 2 nitrogen and oxygen atoms in total. The largest absolute Gasteiger partial charge is 0.351 e. The maximum atomic E-state index is 11.0. The molecular formula is C8H9Cl2NO. The number of aromatic nitrogens is 1. The second-order valence-electron chi connectivity index (χ2n) is 2.52. The van der Waals surface area contributed by atoms with E-state index in [1.807, 2.05) is 11.5 Å². The summed E-state index contributed by atoms with van der Waals surface area (Å²) in [6.45, 7) is 2.86. The van der Waals surface area contributed by atoms with Gasteiger partial charge in [-0.15, -0.1) is 0 Å². The summed E-state index contributed by atoms with van der Waals surface area (Å²) in [5.41, 5.74) is -0.300. The summed E-state index contributed by atoms with van der Waals surface area (Å²) in [5, 5.41) is 0.354. The van der Waals surface area contributed by atoms with E-state index in [0.717, 1.165) is 13.0 Å². The van der Waals surface area contributed by atoms with Crippen molar-refractivity contribution in [3.05, 3.63) is 32.7 Å². The van der Waals surface area contributed by atoms with Crippen molar-refractivity contribution in [2.75, 3.05) is 0 Å². The van der Waals surface area contributed by atoms with Crippen molar-refractivity contribution < 1.29 is 0 Å². The van der Waals surface area contributed by atoms with E-state index in [-0.39, 0.29) is 15.5 Å². The molecule has 0 saturated heterocycles. The Labute approximate surface area is 80.7 Å². The normalized spacial score (nSPS) is 10.2. The maximum absolute atomic E-state index is 11.0. The molecule has 0 unspecified atom stereocenters. The van der Waals surface area contributed by atoms with Gasteiger partial charge < -0.3 is 4.57 Å². The first-order chi connectivity index (χ1) is 5.65. The van der Waals surface area contributed by atoms with Crippen molar-refractivity contribution in [2.45, 2.75) is 19.9 Å². The van der Waals surface area contributed by atoms with Crippen LogP contribution < -0.4 is 5.43 Å². The Morgan fingerprint density at radius 2 is 1.83 bits per heavy atom. The van der Waals surface area contributed by atoms with E-state index in [1.165, 1.54) is 0 Å². The third-order valence-corrected chi connectivity index (χ3v) is 2.01. The first-order valence-electron chi connectivity index (χ1n) is 3.70. The Hall–Kier alpha value is -0.470. The minimum Gasteiger partial charge on any atom is -0.351 e. The predicted octanol–water partition coefficient (Wildman–Crippen LogP) is 2.57. The van der Waals surface area contributed by atoms with Gasteiger partial charge in [-0.2, -0.15) is 0 Å². The summed E-state index contributed by atoms with van der Waals surface area (Å²) < 4.78 is 1.81. The van der Waals surface area contributed by atoms with Gasteiger partial charge in [0.25, 0.3) is 0 Å². The van der Waals surface area contributed by atoms with Crippen LogP contribution in [0.3, 0.4) is 0 Å². The summed E-state index contributed by atoms with van der Waals surface area (Å²) >= 11 is 11.3. The SMILES string of the molecule is CCCn1cc(Cl)c(=O)c(Cl)c1. The number of rotatable bonds is 2. The standard InChI is InChI=1S/C8H9Cl2NO/c1-2-3-11-4-6(9)8(12)7(10)5-11/h4-5H,2-3H2,1H3. The lowest BCUT2D eigenvalue weighted by Crippen LogP contribution is -2.08. The van der Waals surface area contributed by atoms with Gasteiger partial charge in [0.05, 0.1) is 0 Å². The number of hydrogen-bond donors (Lipinski definition) is 0. The molecule has 12 heavy (non-hydrogen) atoms. The minimum absolute atomic E-state index is 0.177. The van der Waals surface area contributed by atoms with Crippen LogP contribution in [0.5, 0.6) is 0 Å². The van der Waals surface area contributed by atoms with Gasteiger partial charge in [-0.1, -0.05) is 30.1 Å². The maximum Gasteiger partial charge on any atom is 0.218 e. The second-order valence-corrected chi connectivity index (χ2v) is 3.34. The summed E-state index contributed by atoms with van der Waals surface area (Å²) in [4.78, 5) is 11.0. The fourth-order valence-electron chi connectivity index (χ4n) is 0.947. The lowest BCUT2D eigenvalue weighted by atomic mass is 10.4. The number of aryl methyl sites for hydroxylation is 1. The Kier molecular flexibility index (Phi) is 3.18. The van der Waals surface area contributed by atoms with Gasteiger partial charge >= 0.3 is 0 Å². The van der Waals surface area contributed by atoms with Crippen molar-refractivity contribution in [2.24, 2.45) is 0 Å². The molecule has 0 bridgehead atoms. The molecule has 0 aromatic carbocycles. The molecule has 0 aliphatic carbocycles. The highest BCUT2D eigenvalue weighted by molar-refractivity contribution is 6.34. The predicted molar refractivity (Wildman–Crippen MR) is 51.0 cm³/mol. The average Bonchev–Trinajstić information content (AvgIpc) is 2.01. The zero-order chi connectivity index (χ0) is 9.14. The van der Waals surface area contributed by atoms with Crippen LogP contribution in [0.15, 0.2) is 17.2 Å². The van der Waals surface area contributed by atoms with Gasteiger partial charge in [-0.05, 0) is 6.42 Å². The molecular weight excluding hydrogens is 197 g/mol. The molecule has 66 valence electrons. The molecule has 1 heterocycles. The minimum atomic E-state index is -0.300. The van der Waals surface area contributed by atoms with Crippen LogP contribution in [0.2, 0.25) is 10.0 Å².